The number of nitrogens with zero attached hydrogens (tertiary/aromatic N) is 4. The molecule has 1 saturated carbocycles. The van der Waals surface area contributed by atoms with E-state index >= 15 is 0 Å². The van der Waals surface area contributed by atoms with Crippen molar-refractivity contribution < 1.29 is 4.79 Å². The molecule has 0 unspecified atom stereocenters. The quantitative estimate of drug-likeness (QED) is 0.444. The number of aryl methyl sites for hydroxylation is 2. The smallest absolute Gasteiger partial charge is 0.254 e. The minimum Gasteiger partial charge on any atom is -0.353 e. The van der Waals surface area contributed by atoms with E-state index in [-0.39, 0.29) is 18.0 Å². The maximum Gasteiger partial charge on any atom is 0.254 e. The lowest BCUT2D eigenvalue weighted by atomic mass is 10.2. The van der Waals surface area contributed by atoms with Gasteiger partial charge in [-0.25, -0.2) is 9.97 Å². The van der Waals surface area contributed by atoms with Gasteiger partial charge in [0.25, 0.3) is 5.56 Å². The van der Waals surface area contributed by atoms with Gasteiger partial charge in [0.2, 0.25) is 11.9 Å². The van der Waals surface area contributed by atoms with Gasteiger partial charge >= 0.3 is 0 Å². The first-order valence-electron chi connectivity index (χ1n) is 10.7. The zero-order valence-electron chi connectivity index (χ0n) is 18.3. The molecule has 1 amide bonds. The number of hydrogen-bond donors (Lipinski definition) is 3. The molecule has 0 bridgehead atoms. The van der Waals surface area contributed by atoms with Gasteiger partial charge < -0.3 is 16.0 Å². The van der Waals surface area contributed by atoms with Crippen molar-refractivity contribution in [1.82, 2.24) is 24.8 Å². The summed E-state index contributed by atoms with van der Waals surface area (Å²) in [6.07, 6.45) is 3.62. The second-order valence-electron chi connectivity index (χ2n) is 8.04. The molecule has 0 aliphatic heterocycles. The molecule has 166 valence electrons. The Balaban J connectivity index is 1.25. The highest BCUT2D eigenvalue weighted by molar-refractivity contribution is 5.75. The third kappa shape index (κ3) is 5.90. The standard InChI is InChI=1S/C23H27N7O2/c1-15-3-7-18(8-4-15)28-20-11-16(2)27-23(29-20)25-10-9-24-21(31)13-30-14-26-19(12-22(30)32)17-5-6-17/h3-4,7-8,11-12,14,17H,5-6,9-10,13H2,1-2H3,(H,24,31)(H2,25,27,28,29). The van der Waals surface area contributed by atoms with E-state index in [0.29, 0.717) is 30.8 Å². The highest BCUT2D eigenvalue weighted by Crippen LogP contribution is 2.38. The lowest BCUT2D eigenvalue weighted by Crippen LogP contribution is -2.35. The number of carbonyl (C=O) groups excluding carboxylic acids is 1. The van der Waals surface area contributed by atoms with Crippen LogP contribution in [0.3, 0.4) is 0 Å². The molecule has 3 N–H and O–H groups in total. The van der Waals surface area contributed by atoms with Gasteiger partial charge in [0, 0.05) is 42.5 Å². The first kappa shape index (κ1) is 21.5. The van der Waals surface area contributed by atoms with Crippen LogP contribution in [0, 0.1) is 13.8 Å². The topological polar surface area (TPSA) is 114 Å². The Hall–Kier alpha value is -3.75. The van der Waals surface area contributed by atoms with Gasteiger partial charge in [0.1, 0.15) is 12.4 Å². The number of anilines is 3. The Morgan fingerprint density at radius 1 is 1.09 bits per heavy atom. The number of carbonyl (C=O) groups is 1. The molecule has 3 aromatic rings. The monoisotopic (exact) mass is 433 g/mol. The fourth-order valence-electron chi connectivity index (χ4n) is 3.24. The number of benzene rings is 1. The minimum atomic E-state index is -0.248. The molecule has 9 heteroatoms. The van der Waals surface area contributed by atoms with E-state index in [0.717, 1.165) is 29.9 Å². The van der Waals surface area contributed by atoms with Crippen LogP contribution in [-0.4, -0.2) is 38.5 Å². The van der Waals surface area contributed by atoms with Crippen molar-refractivity contribution in [2.45, 2.75) is 39.2 Å². The molecule has 0 saturated heterocycles. The van der Waals surface area contributed by atoms with Crippen LogP contribution in [0.25, 0.3) is 0 Å². The Labute approximate surface area is 186 Å². The highest BCUT2D eigenvalue weighted by Gasteiger charge is 2.25. The van der Waals surface area contributed by atoms with Crippen molar-refractivity contribution in [3.8, 4) is 0 Å². The van der Waals surface area contributed by atoms with Crippen molar-refractivity contribution >= 4 is 23.4 Å². The van der Waals surface area contributed by atoms with E-state index < -0.39 is 0 Å². The summed E-state index contributed by atoms with van der Waals surface area (Å²) in [5, 5.41) is 9.18. The summed E-state index contributed by atoms with van der Waals surface area (Å²) >= 11 is 0. The predicted octanol–water partition coefficient (Wildman–Crippen LogP) is 2.50. The van der Waals surface area contributed by atoms with Crippen LogP contribution in [0.4, 0.5) is 17.5 Å². The van der Waals surface area contributed by atoms with E-state index in [1.165, 1.54) is 22.5 Å². The summed E-state index contributed by atoms with van der Waals surface area (Å²) in [6.45, 7) is 4.71. The summed E-state index contributed by atoms with van der Waals surface area (Å²) in [5.41, 5.74) is 3.59. The molecule has 4 rings (SSSR count). The van der Waals surface area contributed by atoms with Gasteiger partial charge in [0.05, 0.1) is 12.0 Å². The zero-order chi connectivity index (χ0) is 22.5. The first-order valence-corrected chi connectivity index (χ1v) is 10.7. The third-order valence-corrected chi connectivity index (χ3v) is 5.12. The van der Waals surface area contributed by atoms with E-state index in [1.807, 2.05) is 44.2 Å². The summed E-state index contributed by atoms with van der Waals surface area (Å²) in [7, 11) is 0. The van der Waals surface area contributed by atoms with Crippen LogP contribution in [0.5, 0.6) is 0 Å². The molecule has 32 heavy (non-hydrogen) atoms. The number of aromatic nitrogens is 4. The van der Waals surface area contributed by atoms with Crippen LogP contribution in [0.1, 0.15) is 35.7 Å². The second kappa shape index (κ2) is 9.59. The normalized spacial score (nSPS) is 12.9. The lowest BCUT2D eigenvalue weighted by molar-refractivity contribution is -0.121. The van der Waals surface area contributed by atoms with Gasteiger partial charge in [-0.3, -0.25) is 14.2 Å². The molecular weight excluding hydrogens is 406 g/mol. The molecule has 9 nitrogen and oxygen atoms in total. The summed E-state index contributed by atoms with van der Waals surface area (Å²) in [4.78, 5) is 37.5. The molecule has 1 fully saturated rings. The molecule has 0 radical (unpaired) electrons. The first-order chi connectivity index (χ1) is 15.5. The van der Waals surface area contributed by atoms with Gasteiger partial charge in [-0.15, -0.1) is 0 Å². The predicted molar refractivity (Wildman–Crippen MR) is 123 cm³/mol. The SMILES string of the molecule is Cc1ccc(Nc2cc(C)nc(NCCNC(=O)Cn3cnc(C4CC4)cc3=O)n2)cc1. The number of amides is 1. The molecule has 0 atom stereocenters. The largest absolute Gasteiger partial charge is 0.353 e. The van der Waals surface area contributed by atoms with Gasteiger partial charge in [0.15, 0.2) is 0 Å². The molecule has 1 aliphatic rings. The highest BCUT2D eigenvalue weighted by atomic mass is 16.2. The van der Waals surface area contributed by atoms with Crippen LogP contribution >= 0.6 is 0 Å². The second-order valence-corrected chi connectivity index (χ2v) is 8.04. The van der Waals surface area contributed by atoms with E-state index in [9.17, 15) is 9.59 Å². The Morgan fingerprint density at radius 2 is 1.88 bits per heavy atom. The Kier molecular flexibility index (Phi) is 6.44. The molecule has 2 aromatic heterocycles. The van der Waals surface area contributed by atoms with Crippen molar-refractivity contribution in [2.24, 2.45) is 0 Å². The lowest BCUT2D eigenvalue weighted by Gasteiger charge is -2.11. The maximum absolute atomic E-state index is 12.2. The summed E-state index contributed by atoms with van der Waals surface area (Å²) in [5.74, 6) is 1.33. The van der Waals surface area contributed by atoms with Crippen LogP contribution < -0.4 is 21.5 Å². The van der Waals surface area contributed by atoms with Crippen LogP contribution in [-0.2, 0) is 11.3 Å². The number of rotatable bonds is 9. The van der Waals surface area contributed by atoms with Crippen molar-refractivity contribution in [2.75, 3.05) is 23.7 Å². The van der Waals surface area contributed by atoms with Gasteiger partial charge in [-0.05, 0) is 38.8 Å². The minimum absolute atomic E-state index is 0.0532. The average Bonchev–Trinajstić information content (AvgIpc) is 3.59. The fourth-order valence-corrected chi connectivity index (χ4v) is 3.24. The van der Waals surface area contributed by atoms with Crippen molar-refractivity contribution in [1.29, 1.82) is 0 Å². The zero-order valence-corrected chi connectivity index (χ0v) is 18.3. The summed E-state index contributed by atoms with van der Waals surface area (Å²) in [6, 6.07) is 11.5. The molecular formula is C23H27N7O2. The molecule has 2 heterocycles. The van der Waals surface area contributed by atoms with E-state index in [4.69, 9.17) is 0 Å². The Bertz CT molecular complexity index is 1150. The number of nitrogens with one attached hydrogen (secondary N) is 3. The van der Waals surface area contributed by atoms with E-state index in [2.05, 4.69) is 30.9 Å². The Morgan fingerprint density at radius 3 is 2.59 bits per heavy atom. The molecule has 1 aromatic carbocycles. The van der Waals surface area contributed by atoms with Crippen LogP contribution in [0.2, 0.25) is 0 Å². The van der Waals surface area contributed by atoms with Crippen molar-refractivity contribution in [3.05, 3.63) is 70.0 Å². The summed E-state index contributed by atoms with van der Waals surface area (Å²) < 4.78 is 1.32. The number of hydrogen-bond acceptors (Lipinski definition) is 7. The molecule has 1 aliphatic carbocycles. The van der Waals surface area contributed by atoms with Crippen LogP contribution in [0.15, 0.2) is 47.5 Å². The fraction of sp³-hybridized carbons (Fsp3) is 0.348. The third-order valence-electron chi connectivity index (χ3n) is 5.12. The average molecular weight is 434 g/mol. The van der Waals surface area contributed by atoms with Crippen molar-refractivity contribution in [3.63, 3.8) is 0 Å². The van der Waals surface area contributed by atoms with Gasteiger partial charge in [-0.2, -0.15) is 4.98 Å². The van der Waals surface area contributed by atoms with E-state index in [1.54, 1.807) is 0 Å². The van der Waals surface area contributed by atoms with Gasteiger partial charge in [-0.1, -0.05) is 17.7 Å². The maximum atomic E-state index is 12.2. The molecule has 0 spiro atoms.